The molecule has 5 heteroatoms. The maximum absolute atomic E-state index is 6.17. The maximum Gasteiger partial charge on any atom is 0.191 e. The minimum atomic E-state index is 0.377. The molecule has 0 unspecified atom stereocenters. The molecule has 0 atom stereocenters. The molecule has 128 valence electrons. The van der Waals surface area contributed by atoms with Crippen molar-refractivity contribution in [1.82, 2.24) is 10.6 Å². The van der Waals surface area contributed by atoms with Crippen molar-refractivity contribution in [2.24, 2.45) is 4.99 Å². The van der Waals surface area contributed by atoms with Crippen LogP contribution in [0.25, 0.3) is 0 Å². The van der Waals surface area contributed by atoms with Crippen LogP contribution in [0.2, 0.25) is 0 Å². The fourth-order valence-corrected chi connectivity index (χ4v) is 2.77. The summed E-state index contributed by atoms with van der Waals surface area (Å²) < 4.78 is 11.2. The highest BCUT2D eigenvalue weighted by molar-refractivity contribution is 5.79. The third-order valence-corrected chi connectivity index (χ3v) is 4.06. The molecule has 0 aliphatic heterocycles. The molecule has 23 heavy (non-hydrogen) atoms. The molecule has 1 aromatic carbocycles. The molecular weight excluding hydrogens is 290 g/mol. The lowest BCUT2D eigenvalue weighted by Crippen LogP contribution is -2.37. The Hall–Kier alpha value is -1.75. The standard InChI is InChI=1S/C18H29N3O2/c1-19-18(20-12-7-13-22-2)21-14-15-8-3-6-11-17(15)23-16-9-4-5-10-16/h3,6,8,11,16H,4-5,7,9-10,12-14H2,1-2H3,(H2,19,20,21). The lowest BCUT2D eigenvalue weighted by molar-refractivity contribution is 0.195. The molecule has 1 aliphatic carbocycles. The van der Waals surface area contributed by atoms with Gasteiger partial charge in [-0.05, 0) is 38.2 Å². The molecule has 0 radical (unpaired) electrons. The average molecular weight is 319 g/mol. The number of aliphatic imine (C=N–C) groups is 1. The van der Waals surface area contributed by atoms with Crippen LogP contribution in [0.4, 0.5) is 0 Å². The summed E-state index contributed by atoms with van der Waals surface area (Å²) in [7, 11) is 3.50. The van der Waals surface area contributed by atoms with Crippen molar-refractivity contribution in [2.75, 3.05) is 27.3 Å². The van der Waals surface area contributed by atoms with Gasteiger partial charge in [0.15, 0.2) is 5.96 Å². The van der Waals surface area contributed by atoms with Gasteiger partial charge in [0.05, 0.1) is 6.10 Å². The van der Waals surface area contributed by atoms with E-state index >= 15 is 0 Å². The first kappa shape index (κ1) is 17.6. The summed E-state index contributed by atoms with van der Waals surface area (Å²) in [6.07, 6.45) is 6.24. The molecule has 0 amide bonds. The van der Waals surface area contributed by atoms with Crippen LogP contribution in [0.3, 0.4) is 0 Å². The summed E-state index contributed by atoms with van der Waals surface area (Å²) in [5.74, 6) is 1.79. The van der Waals surface area contributed by atoms with Gasteiger partial charge >= 0.3 is 0 Å². The van der Waals surface area contributed by atoms with Crippen molar-refractivity contribution in [1.29, 1.82) is 0 Å². The van der Waals surface area contributed by atoms with Crippen LogP contribution in [0.15, 0.2) is 29.3 Å². The number of hydrogen-bond acceptors (Lipinski definition) is 3. The predicted octanol–water partition coefficient (Wildman–Crippen LogP) is 2.71. The number of hydrogen-bond donors (Lipinski definition) is 2. The van der Waals surface area contributed by atoms with Crippen molar-refractivity contribution in [3.63, 3.8) is 0 Å². The van der Waals surface area contributed by atoms with E-state index in [4.69, 9.17) is 9.47 Å². The van der Waals surface area contributed by atoms with E-state index in [-0.39, 0.29) is 0 Å². The lowest BCUT2D eigenvalue weighted by atomic mass is 10.2. The zero-order valence-corrected chi connectivity index (χ0v) is 14.3. The average Bonchev–Trinajstić information content (AvgIpc) is 3.08. The Bertz CT molecular complexity index is 485. The SMILES string of the molecule is CN=C(NCCCOC)NCc1ccccc1OC1CCCC1. The van der Waals surface area contributed by atoms with E-state index in [1.54, 1.807) is 14.2 Å². The highest BCUT2D eigenvalue weighted by atomic mass is 16.5. The molecule has 2 N–H and O–H groups in total. The second-order valence-electron chi connectivity index (χ2n) is 5.83. The van der Waals surface area contributed by atoms with E-state index in [9.17, 15) is 0 Å². The highest BCUT2D eigenvalue weighted by Crippen LogP contribution is 2.26. The zero-order valence-electron chi connectivity index (χ0n) is 14.3. The number of guanidine groups is 1. The van der Waals surface area contributed by atoms with Crippen molar-refractivity contribution < 1.29 is 9.47 Å². The van der Waals surface area contributed by atoms with Gasteiger partial charge in [-0.25, -0.2) is 0 Å². The molecule has 0 spiro atoms. The maximum atomic E-state index is 6.17. The molecule has 0 bridgehead atoms. The van der Waals surface area contributed by atoms with Crippen LogP contribution < -0.4 is 15.4 Å². The second-order valence-corrected chi connectivity index (χ2v) is 5.83. The summed E-state index contributed by atoms with van der Waals surface area (Å²) in [4.78, 5) is 4.25. The fraction of sp³-hybridized carbons (Fsp3) is 0.611. The van der Waals surface area contributed by atoms with Crippen LogP contribution in [0.5, 0.6) is 5.75 Å². The number of para-hydroxylation sites is 1. The lowest BCUT2D eigenvalue weighted by Gasteiger charge is -2.18. The number of methoxy groups -OCH3 is 1. The van der Waals surface area contributed by atoms with Crippen molar-refractivity contribution in [2.45, 2.75) is 44.8 Å². The highest BCUT2D eigenvalue weighted by Gasteiger charge is 2.17. The predicted molar refractivity (Wildman–Crippen MR) is 94.0 cm³/mol. The summed E-state index contributed by atoms with van der Waals surface area (Å²) >= 11 is 0. The van der Waals surface area contributed by atoms with Gasteiger partial charge in [-0.3, -0.25) is 4.99 Å². The molecule has 1 fully saturated rings. The van der Waals surface area contributed by atoms with Crippen LogP contribution in [0, 0.1) is 0 Å². The first-order chi connectivity index (χ1) is 11.3. The Balaban J connectivity index is 1.83. The van der Waals surface area contributed by atoms with E-state index in [1.165, 1.54) is 31.2 Å². The van der Waals surface area contributed by atoms with Crippen molar-refractivity contribution in [3.05, 3.63) is 29.8 Å². The third kappa shape index (κ3) is 6.10. The fourth-order valence-electron chi connectivity index (χ4n) is 2.77. The van der Waals surface area contributed by atoms with Crippen molar-refractivity contribution >= 4 is 5.96 Å². The topological polar surface area (TPSA) is 54.9 Å². The first-order valence-electron chi connectivity index (χ1n) is 8.51. The number of nitrogens with one attached hydrogen (secondary N) is 2. The van der Waals surface area contributed by atoms with Crippen molar-refractivity contribution in [3.8, 4) is 5.75 Å². The van der Waals surface area contributed by atoms with Gasteiger partial charge in [0.25, 0.3) is 0 Å². The van der Waals surface area contributed by atoms with Crippen LogP contribution in [-0.2, 0) is 11.3 Å². The molecule has 0 heterocycles. The molecule has 1 saturated carbocycles. The van der Waals surface area contributed by atoms with Gasteiger partial charge in [0.1, 0.15) is 5.75 Å². The minimum absolute atomic E-state index is 0.377. The Morgan fingerprint density at radius 3 is 2.74 bits per heavy atom. The molecule has 5 nitrogen and oxygen atoms in total. The van der Waals surface area contributed by atoms with E-state index in [2.05, 4.69) is 27.8 Å². The summed E-state index contributed by atoms with van der Waals surface area (Å²) in [6.45, 7) is 2.29. The quantitative estimate of drug-likeness (QED) is 0.439. The normalized spacial score (nSPS) is 15.7. The molecule has 1 aromatic rings. The minimum Gasteiger partial charge on any atom is -0.490 e. The Labute approximate surface area is 139 Å². The molecule has 0 aromatic heterocycles. The Kier molecular flexibility index (Phi) is 7.73. The number of nitrogens with zero attached hydrogens (tertiary/aromatic N) is 1. The van der Waals surface area contributed by atoms with Gasteiger partial charge in [-0.15, -0.1) is 0 Å². The van der Waals surface area contributed by atoms with Gasteiger partial charge in [0, 0.05) is 39.4 Å². The Morgan fingerprint density at radius 1 is 1.22 bits per heavy atom. The summed E-state index contributed by atoms with van der Waals surface area (Å²) in [5, 5.41) is 6.63. The number of rotatable bonds is 8. The largest absolute Gasteiger partial charge is 0.490 e. The molecule has 1 aliphatic rings. The van der Waals surface area contributed by atoms with Crippen LogP contribution in [0.1, 0.15) is 37.7 Å². The van der Waals surface area contributed by atoms with Crippen LogP contribution in [-0.4, -0.2) is 39.4 Å². The molecule has 2 rings (SSSR count). The second kappa shape index (κ2) is 10.1. The number of ether oxygens (including phenoxy) is 2. The van der Waals surface area contributed by atoms with E-state index in [0.717, 1.165) is 31.3 Å². The molecular formula is C18H29N3O2. The first-order valence-corrected chi connectivity index (χ1v) is 8.51. The zero-order chi connectivity index (χ0) is 16.3. The van der Waals surface area contributed by atoms with Gasteiger partial charge in [-0.2, -0.15) is 0 Å². The van der Waals surface area contributed by atoms with Crippen LogP contribution >= 0.6 is 0 Å². The van der Waals surface area contributed by atoms with E-state index < -0.39 is 0 Å². The Morgan fingerprint density at radius 2 is 2.00 bits per heavy atom. The smallest absolute Gasteiger partial charge is 0.191 e. The van der Waals surface area contributed by atoms with E-state index in [0.29, 0.717) is 12.6 Å². The molecule has 0 saturated heterocycles. The summed E-state index contributed by atoms with van der Waals surface area (Å²) in [5.41, 5.74) is 1.17. The number of benzene rings is 1. The van der Waals surface area contributed by atoms with Gasteiger partial charge in [-0.1, -0.05) is 18.2 Å². The van der Waals surface area contributed by atoms with E-state index in [1.807, 2.05) is 12.1 Å². The monoisotopic (exact) mass is 319 g/mol. The third-order valence-electron chi connectivity index (χ3n) is 4.06. The summed E-state index contributed by atoms with van der Waals surface area (Å²) in [6, 6.07) is 8.25. The van der Waals surface area contributed by atoms with Gasteiger partial charge in [0.2, 0.25) is 0 Å². The van der Waals surface area contributed by atoms with Gasteiger partial charge < -0.3 is 20.1 Å².